The van der Waals surface area contributed by atoms with Crippen molar-refractivity contribution in [2.24, 2.45) is 0 Å². The highest BCUT2D eigenvalue weighted by Crippen LogP contribution is 2.22. The van der Waals surface area contributed by atoms with Crippen LogP contribution in [0.2, 0.25) is 0 Å². The third-order valence-corrected chi connectivity index (χ3v) is 4.22. The predicted molar refractivity (Wildman–Crippen MR) is 94.2 cm³/mol. The fourth-order valence-corrected chi connectivity index (χ4v) is 2.91. The predicted octanol–water partition coefficient (Wildman–Crippen LogP) is 2.37. The Hall–Kier alpha value is -2.39. The Morgan fingerprint density at radius 3 is 2.68 bits per heavy atom. The van der Waals surface area contributed by atoms with Gasteiger partial charge in [0.2, 0.25) is 0 Å². The second kappa shape index (κ2) is 8.63. The Morgan fingerprint density at radius 2 is 1.96 bits per heavy atom. The first-order valence-corrected chi connectivity index (χ1v) is 8.44. The van der Waals surface area contributed by atoms with E-state index in [4.69, 9.17) is 14.7 Å². The summed E-state index contributed by atoms with van der Waals surface area (Å²) in [5, 5.41) is 19.0. The molecule has 0 amide bonds. The van der Waals surface area contributed by atoms with Crippen molar-refractivity contribution in [1.29, 1.82) is 5.26 Å². The van der Waals surface area contributed by atoms with Gasteiger partial charge in [-0.25, -0.2) is 0 Å². The summed E-state index contributed by atoms with van der Waals surface area (Å²) in [6, 6.07) is 19.1. The average molecular weight is 338 g/mol. The van der Waals surface area contributed by atoms with Crippen molar-refractivity contribution in [1.82, 2.24) is 4.90 Å². The van der Waals surface area contributed by atoms with Gasteiger partial charge in [0.15, 0.2) is 0 Å². The van der Waals surface area contributed by atoms with E-state index in [0.29, 0.717) is 24.5 Å². The van der Waals surface area contributed by atoms with E-state index in [1.54, 1.807) is 24.3 Å². The van der Waals surface area contributed by atoms with Crippen molar-refractivity contribution < 1.29 is 14.6 Å². The summed E-state index contributed by atoms with van der Waals surface area (Å²) in [5.74, 6) is 0.655. The van der Waals surface area contributed by atoms with E-state index in [-0.39, 0.29) is 12.7 Å². The van der Waals surface area contributed by atoms with E-state index in [0.717, 1.165) is 18.7 Å². The molecule has 2 atom stereocenters. The summed E-state index contributed by atoms with van der Waals surface area (Å²) in [5.41, 5.74) is 1.75. The Kier molecular flexibility index (Phi) is 6.02. The third-order valence-electron chi connectivity index (χ3n) is 4.22. The highest BCUT2D eigenvalue weighted by Gasteiger charge is 2.23. The van der Waals surface area contributed by atoms with Crippen LogP contribution >= 0.6 is 0 Å². The maximum atomic E-state index is 10.3. The summed E-state index contributed by atoms with van der Waals surface area (Å²) >= 11 is 0. The molecule has 1 heterocycles. The minimum absolute atomic E-state index is 0.0431. The van der Waals surface area contributed by atoms with Crippen molar-refractivity contribution in [2.45, 2.75) is 12.2 Å². The van der Waals surface area contributed by atoms with Gasteiger partial charge in [-0.05, 0) is 29.8 Å². The molecule has 1 saturated heterocycles. The van der Waals surface area contributed by atoms with Crippen molar-refractivity contribution in [3.05, 3.63) is 65.7 Å². The number of β-amino-alcohol motifs (C(OH)–C–C–N with tert-alkyl or cyclic N) is 1. The minimum Gasteiger partial charge on any atom is -0.491 e. The Bertz CT molecular complexity index is 697. The van der Waals surface area contributed by atoms with Crippen LogP contribution in [0.4, 0.5) is 0 Å². The van der Waals surface area contributed by atoms with E-state index in [1.165, 1.54) is 0 Å². The molecule has 2 aromatic rings. The number of benzene rings is 2. The molecular formula is C20H22N2O3. The maximum absolute atomic E-state index is 10.3. The first-order valence-electron chi connectivity index (χ1n) is 8.44. The van der Waals surface area contributed by atoms with Gasteiger partial charge in [0.05, 0.1) is 24.3 Å². The molecule has 0 saturated carbocycles. The lowest BCUT2D eigenvalue weighted by atomic mass is 10.1. The van der Waals surface area contributed by atoms with Gasteiger partial charge < -0.3 is 14.6 Å². The van der Waals surface area contributed by atoms with Crippen LogP contribution in [0, 0.1) is 11.3 Å². The first-order chi connectivity index (χ1) is 12.2. The van der Waals surface area contributed by atoms with Crippen LogP contribution in [0.3, 0.4) is 0 Å². The summed E-state index contributed by atoms with van der Waals surface area (Å²) < 4.78 is 11.4. The number of aliphatic hydroxyl groups excluding tert-OH is 1. The molecule has 1 aliphatic rings. The summed E-state index contributed by atoms with van der Waals surface area (Å²) in [4.78, 5) is 2.20. The van der Waals surface area contributed by atoms with Crippen LogP contribution in [0.15, 0.2) is 54.6 Å². The Balaban J connectivity index is 1.47. The van der Waals surface area contributed by atoms with Crippen molar-refractivity contribution in [3.63, 3.8) is 0 Å². The molecule has 0 aliphatic carbocycles. The molecule has 0 aromatic heterocycles. The van der Waals surface area contributed by atoms with Crippen LogP contribution < -0.4 is 4.74 Å². The summed E-state index contributed by atoms with van der Waals surface area (Å²) in [7, 11) is 0. The molecular weight excluding hydrogens is 316 g/mol. The minimum atomic E-state index is -0.579. The molecule has 5 nitrogen and oxygen atoms in total. The molecule has 0 bridgehead atoms. The number of hydrogen-bond acceptors (Lipinski definition) is 5. The van der Waals surface area contributed by atoms with Gasteiger partial charge in [-0.15, -0.1) is 0 Å². The van der Waals surface area contributed by atoms with Gasteiger partial charge in [-0.3, -0.25) is 4.90 Å². The van der Waals surface area contributed by atoms with Gasteiger partial charge in [0.1, 0.15) is 18.5 Å². The van der Waals surface area contributed by atoms with E-state index >= 15 is 0 Å². The molecule has 3 rings (SSSR count). The zero-order chi connectivity index (χ0) is 17.5. The Labute approximate surface area is 148 Å². The lowest BCUT2D eigenvalue weighted by molar-refractivity contribution is -0.0459. The van der Waals surface area contributed by atoms with Gasteiger partial charge in [-0.1, -0.05) is 30.3 Å². The zero-order valence-electron chi connectivity index (χ0n) is 14.0. The molecule has 2 aromatic carbocycles. The summed E-state index contributed by atoms with van der Waals surface area (Å²) in [6.07, 6.45) is -0.535. The number of nitriles is 1. The van der Waals surface area contributed by atoms with E-state index in [2.05, 4.69) is 23.1 Å². The third kappa shape index (κ3) is 5.04. The van der Waals surface area contributed by atoms with Crippen molar-refractivity contribution >= 4 is 0 Å². The quantitative estimate of drug-likeness (QED) is 0.876. The molecule has 1 N–H and O–H groups in total. The second-order valence-corrected chi connectivity index (χ2v) is 6.13. The maximum Gasteiger partial charge on any atom is 0.119 e. The molecule has 130 valence electrons. The fraction of sp³-hybridized carbons (Fsp3) is 0.350. The highest BCUT2D eigenvalue weighted by molar-refractivity contribution is 5.34. The van der Waals surface area contributed by atoms with Gasteiger partial charge >= 0.3 is 0 Å². The number of hydrogen-bond donors (Lipinski definition) is 1. The van der Waals surface area contributed by atoms with Gasteiger partial charge in [-0.2, -0.15) is 5.26 Å². The van der Waals surface area contributed by atoms with E-state index in [9.17, 15) is 5.11 Å². The topological polar surface area (TPSA) is 65.7 Å². The molecule has 1 fully saturated rings. The Morgan fingerprint density at radius 1 is 1.20 bits per heavy atom. The highest BCUT2D eigenvalue weighted by atomic mass is 16.5. The summed E-state index contributed by atoms with van der Waals surface area (Å²) in [6.45, 7) is 2.99. The number of nitrogens with zero attached hydrogens (tertiary/aromatic N) is 2. The van der Waals surface area contributed by atoms with Crippen molar-refractivity contribution in [3.8, 4) is 11.8 Å². The monoisotopic (exact) mass is 338 g/mol. The van der Waals surface area contributed by atoms with Gasteiger partial charge in [0, 0.05) is 19.6 Å². The van der Waals surface area contributed by atoms with Crippen LogP contribution in [-0.2, 0) is 4.74 Å². The standard InChI is InChI=1S/C20H22N2O3/c21-12-16-6-8-19(9-7-16)25-15-18(23)13-22-10-11-24-20(14-22)17-4-2-1-3-5-17/h1-9,18,20,23H,10-11,13-15H2. The van der Waals surface area contributed by atoms with E-state index < -0.39 is 6.10 Å². The van der Waals surface area contributed by atoms with Crippen LogP contribution in [0.25, 0.3) is 0 Å². The van der Waals surface area contributed by atoms with E-state index in [1.807, 2.05) is 18.2 Å². The molecule has 0 radical (unpaired) electrons. The van der Waals surface area contributed by atoms with Crippen LogP contribution in [0.1, 0.15) is 17.2 Å². The average Bonchev–Trinajstić information content (AvgIpc) is 2.68. The number of morpholine rings is 1. The first kappa shape index (κ1) is 17.4. The molecule has 1 aliphatic heterocycles. The van der Waals surface area contributed by atoms with Crippen molar-refractivity contribution in [2.75, 3.05) is 32.8 Å². The molecule has 0 spiro atoms. The number of ether oxygens (including phenoxy) is 2. The normalized spacial score (nSPS) is 19.1. The number of aliphatic hydroxyl groups is 1. The van der Waals surface area contributed by atoms with Crippen LogP contribution in [-0.4, -0.2) is 49.0 Å². The smallest absolute Gasteiger partial charge is 0.119 e. The van der Waals surface area contributed by atoms with Gasteiger partial charge in [0.25, 0.3) is 0 Å². The molecule has 2 unspecified atom stereocenters. The zero-order valence-corrected chi connectivity index (χ0v) is 14.0. The lowest BCUT2D eigenvalue weighted by Crippen LogP contribution is -2.43. The molecule has 5 heteroatoms. The number of rotatable bonds is 6. The van der Waals surface area contributed by atoms with Crippen LogP contribution in [0.5, 0.6) is 5.75 Å². The second-order valence-electron chi connectivity index (χ2n) is 6.13. The fourth-order valence-electron chi connectivity index (χ4n) is 2.91. The largest absolute Gasteiger partial charge is 0.491 e. The lowest BCUT2D eigenvalue weighted by Gasteiger charge is -2.34. The SMILES string of the molecule is N#Cc1ccc(OCC(O)CN2CCOC(c3ccccc3)C2)cc1. The molecule has 25 heavy (non-hydrogen) atoms.